The first-order valence-electron chi connectivity index (χ1n) is 6.27. The van der Waals surface area contributed by atoms with Gasteiger partial charge >= 0.3 is 6.18 Å². The number of aliphatic imine (C=N–C) groups is 1. The summed E-state index contributed by atoms with van der Waals surface area (Å²) in [6, 6.07) is 4.86. The van der Waals surface area contributed by atoms with E-state index < -0.39 is 11.7 Å². The van der Waals surface area contributed by atoms with Gasteiger partial charge in [-0.25, -0.2) is 0 Å². The molecule has 0 heterocycles. The van der Waals surface area contributed by atoms with E-state index in [0.29, 0.717) is 12.0 Å². The first-order valence-corrected chi connectivity index (χ1v) is 6.27. The third kappa shape index (κ3) is 5.99. The number of rotatable bonds is 4. The van der Waals surface area contributed by atoms with Crippen LogP contribution in [-0.2, 0) is 11.0 Å². The van der Waals surface area contributed by atoms with Gasteiger partial charge in [-0.3, -0.25) is 9.79 Å². The van der Waals surface area contributed by atoms with Gasteiger partial charge in [0.15, 0.2) is 5.78 Å². The largest absolute Gasteiger partial charge is 0.416 e. The number of nitrogens with zero attached hydrogens (tertiary/aromatic N) is 1. The van der Waals surface area contributed by atoms with Crippen LogP contribution in [0.2, 0.25) is 0 Å². The molecular weight excluding hydrogens is 267 g/mol. The molecule has 2 nitrogen and oxygen atoms in total. The molecule has 0 aromatic heterocycles. The molecule has 1 aromatic carbocycles. The summed E-state index contributed by atoms with van der Waals surface area (Å²) >= 11 is 0. The van der Waals surface area contributed by atoms with Gasteiger partial charge in [0.05, 0.1) is 12.1 Å². The molecule has 0 unspecified atom stereocenters. The molecule has 0 atom stereocenters. The summed E-state index contributed by atoms with van der Waals surface area (Å²) in [5.41, 5.74) is -0.492. The highest BCUT2D eigenvalue weighted by atomic mass is 19.4. The number of hydrogen-bond acceptors (Lipinski definition) is 2. The second-order valence-corrected chi connectivity index (χ2v) is 5.87. The molecule has 0 N–H and O–H groups in total. The van der Waals surface area contributed by atoms with Crippen molar-refractivity contribution in [1.29, 1.82) is 0 Å². The lowest BCUT2D eigenvalue weighted by Gasteiger charge is -2.15. The monoisotopic (exact) mass is 285 g/mol. The van der Waals surface area contributed by atoms with Crippen LogP contribution in [0.5, 0.6) is 0 Å². The van der Waals surface area contributed by atoms with Crippen LogP contribution in [0.3, 0.4) is 0 Å². The lowest BCUT2D eigenvalue weighted by Crippen LogP contribution is -2.15. The minimum absolute atomic E-state index is 0.00643. The number of benzene rings is 1. The maximum atomic E-state index is 12.5. The fraction of sp³-hybridized carbons (Fsp3) is 0.467. The van der Waals surface area contributed by atoms with Gasteiger partial charge in [0, 0.05) is 12.6 Å². The van der Waals surface area contributed by atoms with Gasteiger partial charge in [-0.05, 0) is 23.1 Å². The zero-order valence-corrected chi connectivity index (χ0v) is 11.8. The van der Waals surface area contributed by atoms with Gasteiger partial charge in [-0.15, -0.1) is 0 Å². The van der Waals surface area contributed by atoms with E-state index in [1.54, 1.807) is 0 Å². The third-order valence-corrected chi connectivity index (χ3v) is 2.45. The minimum Gasteiger partial charge on any atom is -0.298 e. The average molecular weight is 285 g/mol. The Labute approximate surface area is 116 Å². The van der Waals surface area contributed by atoms with E-state index in [-0.39, 0.29) is 17.7 Å². The Kier molecular flexibility index (Phi) is 5.09. The molecule has 0 aliphatic carbocycles. The van der Waals surface area contributed by atoms with Gasteiger partial charge in [0.25, 0.3) is 0 Å². The van der Waals surface area contributed by atoms with Gasteiger partial charge in [-0.2, -0.15) is 13.2 Å². The Balaban J connectivity index is 2.65. The maximum absolute atomic E-state index is 12.5. The van der Waals surface area contributed by atoms with Crippen LogP contribution in [0.1, 0.15) is 38.3 Å². The van der Waals surface area contributed by atoms with Crippen molar-refractivity contribution in [2.24, 2.45) is 10.4 Å². The van der Waals surface area contributed by atoms with E-state index in [1.807, 2.05) is 20.8 Å². The van der Waals surface area contributed by atoms with Crippen molar-refractivity contribution >= 4 is 12.0 Å². The fourth-order valence-corrected chi connectivity index (χ4v) is 1.70. The number of halogens is 3. The predicted molar refractivity (Wildman–Crippen MR) is 73.0 cm³/mol. The quantitative estimate of drug-likeness (QED) is 0.765. The van der Waals surface area contributed by atoms with Crippen LogP contribution in [-0.4, -0.2) is 18.5 Å². The molecule has 0 fully saturated rings. The summed E-state index contributed by atoms with van der Waals surface area (Å²) in [6.45, 7) is 5.83. The van der Waals surface area contributed by atoms with Crippen LogP contribution >= 0.6 is 0 Å². The van der Waals surface area contributed by atoms with Crippen LogP contribution in [0, 0.1) is 5.41 Å². The van der Waals surface area contributed by atoms with Crippen LogP contribution in [0.4, 0.5) is 13.2 Å². The summed E-state index contributed by atoms with van der Waals surface area (Å²) in [4.78, 5) is 15.5. The maximum Gasteiger partial charge on any atom is 0.416 e. The molecule has 0 bridgehead atoms. The van der Waals surface area contributed by atoms with Crippen molar-refractivity contribution in [2.45, 2.75) is 33.4 Å². The summed E-state index contributed by atoms with van der Waals surface area (Å²) in [6.07, 6.45) is -2.67. The molecule has 0 spiro atoms. The molecule has 20 heavy (non-hydrogen) atoms. The number of hydrogen-bond donors (Lipinski definition) is 0. The summed E-state index contributed by atoms with van der Waals surface area (Å²) < 4.78 is 37.5. The standard InChI is InChI=1S/C15H18F3NO/c1-14(2,3)8-13(20)10-19-9-11-5-4-6-12(7-11)15(16,17)18/h4-7,9H,8,10H2,1-3H3. The molecule has 0 aliphatic heterocycles. The molecule has 0 radical (unpaired) electrons. The van der Waals surface area contributed by atoms with E-state index >= 15 is 0 Å². The van der Waals surface area contributed by atoms with Gasteiger partial charge < -0.3 is 0 Å². The highest BCUT2D eigenvalue weighted by molar-refractivity contribution is 5.85. The Morgan fingerprint density at radius 1 is 1.25 bits per heavy atom. The molecule has 1 aromatic rings. The Hall–Kier alpha value is -1.65. The molecule has 0 saturated carbocycles. The van der Waals surface area contributed by atoms with Crippen molar-refractivity contribution in [2.75, 3.05) is 6.54 Å². The Morgan fingerprint density at radius 3 is 2.45 bits per heavy atom. The third-order valence-electron chi connectivity index (χ3n) is 2.45. The zero-order chi connectivity index (χ0) is 15.4. The zero-order valence-electron chi connectivity index (χ0n) is 11.8. The molecule has 0 saturated heterocycles. The molecule has 5 heteroatoms. The van der Waals surface area contributed by atoms with Crippen molar-refractivity contribution in [3.8, 4) is 0 Å². The molecular formula is C15H18F3NO. The smallest absolute Gasteiger partial charge is 0.298 e. The molecule has 0 amide bonds. The predicted octanol–water partition coefficient (Wildman–Crippen LogP) is 4.13. The number of alkyl halides is 3. The van der Waals surface area contributed by atoms with E-state index in [4.69, 9.17) is 0 Å². The Bertz CT molecular complexity index is 499. The topological polar surface area (TPSA) is 29.4 Å². The summed E-state index contributed by atoms with van der Waals surface area (Å²) in [5, 5.41) is 0. The SMILES string of the molecule is CC(C)(C)CC(=O)CN=Cc1cccc(C(F)(F)F)c1. The van der Waals surface area contributed by atoms with Crippen molar-refractivity contribution in [3.63, 3.8) is 0 Å². The van der Waals surface area contributed by atoms with Crippen LogP contribution in [0.15, 0.2) is 29.3 Å². The first-order chi connectivity index (χ1) is 9.08. The van der Waals surface area contributed by atoms with E-state index in [1.165, 1.54) is 18.3 Å². The van der Waals surface area contributed by atoms with Gasteiger partial charge in [0.1, 0.15) is 0 Å². The van der Waals surface area contributed by atoms with Gasteiger partial charge in [0.2, 0.25) is 0 Å². The molecule has 0 aliphatic rings. The van der Waals surface area contributed by atoms with Crippen molar-refractivity contribution in [3.05, 3.63) is 35.4 Å². The van der Waals surface area contributed by atoms with E-state index in [2.05, 4.69) is 4.99 Å². The number of carbonyl (C=O) groups is 1. The normalized spacial score (nSPS) is 12.9. The second kappa shape index (κ2) is 6.20. The highest BCUT2D eigenvalue weighted by Crippen LogP contribution is 2.29. The first kappa shape index (κ1) is 16.4. The van der Waals surface area contributed by atoms with Crippen molar-refractivity contribution in [1.82, 2.24) is 0 Å². The molecule has 110 valence electrons. The van der Waals surface area contributed by atoms with Gasteiger partial charge in [-0.1, -0.05) is 32.9 Å². The highest BCUT2D eigenvalue weighted by Gasteiger charge is 2.30. The number of Topliss-reactive ketones (excluding diaryl/α,β-unsaturated/α-hetero) is 1. The lowest BCUT2D eigenvalue weighted by atomic mass is 9.90. The fourth-order valence-electron chi connectivity index (χ4n) is 1.70. The van der Waals surface area contributed by atoms with Crippen molar-refractivity contribution < 1.29 is 18.0 Å². The summed E-state index contributed by atoms with van der Waals surface area (Å²) in [5.74, 6) is -0.0271. The number of carbonyl (C=O) groups excluding carboxylic acids is 1. The minimum atomic E-state index is -4.37. The van der Waals surface area contributed by atoms with E-state index in [9.17, 15) is 18.0 Å². The van der Waals surface area contributed by atoms with Crippen LogP contribution < -0.4 is 0 Å². The van der Waals surface area contributed by atoms with E-state index in [0.717, 1.165) is 12.1 Å². The second-order valence-electron chi connectivity index (χ2n) is 5.87. The lowest BCUT2D eigenvalue weighted by molar-refractivity contribution is -0.137. The molecule has 1 rings (SSSR count). The summed E-state index contributed by atoms with van der Waals surface area (Å²) in [7, 11) is 0. The Morgan fingerprint density at radius 2 is 1.90 bits per heavy atom. The van der Waals surface area contributed by atoms with Crippen LogP contribution in [0.25, 0.3) is 0 Å². The average Bonchev–Trinajstić information content (AvgIpc) is 2.25. The number of ketones is 1.